The van der Waals surface area contributed by atoms with Crippen LogP contribution in [-0.4, -0.2) is 19.3 Å². The normalized spacial score (nSPS) is 11.1. The van der Waals surface area contributed by atoms with E-state index in [0.717, 1.165) is 15.8 Å². The van der Waals surface area contributed by atoms with Crippen LogP contribution in [0.2, 0.25) is 5.02 Å². The molecule has 0 fully saturated rings. The number of aromatic nitrogens is 4. The van der Waals surface area contributed by atoms with Crippen molar-refractivity contribution in [2.24, 2.45) is 0 Å². The van der Waals surface area contributed by atoms with E-state index < -0.39 is 0 Å². The van der Waals surface area contributed by atoms with E-state index in [9.17, 15) is 9.90 Å². The molecule has 3 aromatic rings. The fourth-order valence-corrected chi connectivity index (χ4v) is 4.54. The van der Waals surface area contributed by atoms with Crippen molar-refractivity contribution >= 4 is 33.2 Å². The predicted octanol–water partition coefficient (Wildman–Crippen LogP) is 0.836. The first-order valence-corrected chi connectivity index (χ1v) is 10.1. The molecule has 30 heavy (non-hydrogen) atoms. The molecule has 0 spiro atoms. The van der Waals surface area contributed by atoms with Crippen molar-refractivity contribution in [1.29, 1.82) is 0 Å². The van der Waals surface area contributed by atoms with E-state index in [1.54, 1.807) is 17.6 Å². The van der Waals surface area contributed by atoms with Gasteiger partial charge in [0.1, 0.15) is 0 Å². The maximum atomic E-state index is 13.1. The van der Waals surface area contributed by atoms with Crippen LogP contribution in [0, 0.1) is 6.92 Å². The average Bonchev–Trinajstić information content (AvgIpc) is 3.27. The van der Waals surface area contributed by atoms with Gasteiger partial charge in [0.05, 0.1) is 21.5 Å². The molecule has 3 heterocycles. The molecule has 0 unspecified atom stereocenters. The van der Waals surface area contributed by atoms with Crippen LogP contribution in [0.4, 0.5) is 0 Å². The number of thiazole rings is 1. The molecule has 2 aliphatic rings. The maximum absolute atomic E-state index is 13.1. The van der Waals surface area contributed by atoms with Crippen molar-refractivity contribution < 1.29 is 34.7 Å². The minimum Gasteiger partial charge on any atom is -0.860 e. The Morgan fingerprint density at radius 2 is 1.87 bits per heavy atom. The minimum absolute atomic E-state index is 0. The monoisotopic (exact) mass is 444 g/mol. The third kappa shape index (κ3) is 3.46. The molecule has 0 atom stereocenters. The van der Waals surface area contributed by atoms with Crippen LogP contribution in [0.1, 0.15) is 11.3 Å². The summed E-state index contributed by atoms with van der Waals surface area (Å²) in [6, 6.07) is 16.4. The van der Waals surface area contributed by atoms with Crippen molar-refractivity contribution in [3.05, 3.63) is 81.2 Å². The smallest absolute Gasteiger partial charge is 0.860 e. The topological polar surface area (TPSA) is 75.8 Å². The van der Waals surface area contributed by atoms with E-state index in [1.165, 1.54) is 22.1 Å². The fraction of sp³-hybridized carbons (Fsp3) is 0.0952. The van der Waals surface area contributed by atoms with E-state index in [-0.39, 0.29) is 47.5 Å². The molecule has 9 heteroatoms. The second-order valence-electron chi connectivity index (χ2n) is 6.69. The summed E-state index contributed by atoms with van der Waals surface area (Å²) in [5.74, 6) is -0.233. The maximum Gasteiger partial charge on any atom is 1.00 e. The second-order valence-corrected chi connectivity index (χ2v) is 8.10. The summed E-state index contributed by atoms with van der Waals surface area (Å²) < 4.78 is 3.80. The van der Waals surface area contributed by atoms with Gasteiger partial charge in [-0.15, -0.1) is 0 Å². The summed E-state index contributed by atoms with van der Waals surface area (Å²) in [6.45, 7) is 2.04. The number of fused-ring (bicyclic) bond motifs is 2. The Balaban J connectivity index is 0.00000218. The van der Waals surface area contributed by atoms with Gasteiger partial charge in [-0.25, -0.2) is 4.98 Å². The molecule has 0 aliphatic carbocycles. The van der Waals surface area contributed by atoms with Gasteiger partial charge in [0.25, 0.3) is 5.56 Å². The Hall–Kier alpha value is -2.16. The molecule has 0 bridgehead atoms. The Morgan fingerprint density at radius 3 is 2.63 bits per heavy atom. The summed E-state index contributed by atoms with van der Waals surface area (Å²) >= 11 is 7.64. The van der Waals surface area contributed by atoms with E-state index in [0.29, 0.717) is 27.1 Å². The third-order valence-electron chi connectivity index (χ3n) is 4.91. The number of nitrogens with zero attached hydrogens (tertiary/aromatic N) is 4. The van der Waals surface area contributed by atoms with Gasteiger partial charge >= 0.3 is 29.6 Å². The summed E-state index contributed by atoms with van der Waals surface area (Å²) in [7, 11) is 0. The van der Waals surface area contributed by atoms with Crippen LogP contribution in [0.25, 0.3) is 26.6 Å². The van der Waals surface area contributed by atoms with Gasteiger partial charge in [0.15, 0.2) is 0 Å². The van der Waals surface area contributed by atoms with Crippen LogP contribution in [0.5, 0.6) is 5.88 Å². The van der Waals surface area contributed by atoms with Crippen LogP contribution in [0.15, 0.2) is 59.4 Å². The molecule has 5 rings (SSSR count). The van der Waals surface area contributed by atoms with Crippen molar-refractivity contribution in [1.82, 2.24) is 19.3 Å². The van der Waals surface area contributed by atoms with Gasteiger partial charge < -0.3 is 9.67 Å². The van der Waals surface area contributed by atoms with Crippen LogP contribution >= 0.6 is 22.9 Å². The molecule has 0 saturated carbocycles. The number of para-hydroxylation sites is 1. The number of rotatable bonds is 3. The van der Waals surface area contributed by atoms with Crippen LogP contribution in [-0.2, 0) is 6.54 Å². The molecule has 1 aromatic heterocycles. The standard InChI is InChI=1S/C21H15ClN4O2S.Na/c1-12-19-16(10-18(27)25(12)11-13-6-2-3-7-14(13)22)24-26(20(19)28)21-23-15-8-4-5-9-17(15)29-21;/h2-10,27H,11H2,1H3;/q;+1/p-1. The molecule has 2 aliphatic heterocycles. The summed E-state index contributed by atoms with van der Waals surface area (Å²) in [5, 5.41) is 18.2. The van der Waals surface area contributed by atoms with Gasteiger partial charge in [0.2, 0.25) is 5.13 Å². The molecule has 0 amide bonds. The van der Waals surface area contributed by atoms with Crippen molar-refractivity contribution in [3.63, 3.8) is 0 Å². The molecular weight excluding hydrogens is 431 g/mol. The van der Waals surface area contributed by atoms with Crippen LogP contribution < -0.4 is 40.2 Å². The number of halogens is 1. The summed E-state index contributed by atoms with van der Waals surface area (Å²) in [4.78, 5) is 17.6. The van der Waals surface area contributed by atoms with E-state index in [1.807, 2.05) is 42.5 Å². The first kappa shape index (κ1) is 21.1. The van der Waals surface area contributed by atoms with Gasteiger partial charge in [0, 0.05) is 17.3 Å². The minimum atomic E-state index is -0.288. The van der Waals surface area contributed by atoms with Crippen molar-refractivity contribution in [3.8, 4) is 22.3 Å². The molecule has 0 saturated heterocycles. The Labute approximate surface area is 203 Å². The molecule has 2 aromatic carbocycles. The third-order valence-corrected chi connectivity index (χ3v) is 6.29. The predicted molar refractivity (Wildman–Crippen MR) is 112 cm³/mol. The van der Waals surface area contributed by atoms with Crippen molar-refractivity contribution in [2.75, 3.05) is 0 Å². The largest absolute Gasteiger partial charge is 1.00 e. The van der Waals surface area contributed by atoms with Gasteiger partial charge in [-0.1, -0.05) is 53.3 Å². The Kier molecular flexibility index (Phi) is 5.74. The van der Waals surface area contributed by atoms with Crippen LogP contribution in [0.3, 0.4) is 0 Å². The number of benzene rings is 2. The summed E-state index contributed by atoms with van der Waals surface area (Å²) in [5.41, 5.74) is 2.67. The molecule has 0 radical (unpaired) electrons. The average molecular weight is 445 g/mol. The first-order chi connectivity index (χ1) is 14.0. The van der Waals surface area contributed by atoms with Gasteiger partial charge in [-0.3, -0.25) is 4.79 Å². The quantitative estimate of drug-likeness (QED) is 0.386. The first-order valence-electron chi connectivity index (χ1n) is 8.92. The van der Waals surface area contributed by atoms with E-state index in [4.69, 9.17) is 11.6 Å². The summed E-state index contributed by atoms with van der Waals surface area (Å²) in [6.07, 6.45) is 0. The zero-order valence-corrected chi connectivity index (χ0v) is 19.9. The van der Waals surface area contributed by atoms with E-state index in [2.05, 4.69) is 10.1 Å². The zero-order chi connectivity index (χ0) is 20.1. The van der Waals surface area contributed by atoms with Gasteiger partial charge in [-0.05, 0) is 42.6 Å². The molecule has 6 nitrogen and oxygen atoms in total. The second kappa shape index (κ2) is 8.17. The Morgan fingerprint density at radius 1 is 1.13 bits per heavy atom. The van der Waals surface area contributed by atoms with Crippen molar-refractivity contribution in [2.45, 2.75) is 13.5 Å². The number of pyridine rings is 1. The van der Waals surface area contributed by atoms with E-state index >= 15 is 0 Å². The molecule has 144 valence electrons. The fourth-order valence-electron chi connectivity index (χ4n) is 3.43. The zero-order valence-electron chi connectivity index (χ0n) is 16.3. The number of hydrogen-bond acceptors (Lipinski definition) is 5. The van der Waals surface area contributed by atoms with Gasteiger partial charge in [-0.2, -0.15) is 9.78 Å². The number of hydrogen-bond donors (Lipinski definition) is 0. The Bertz CT molecular complexity index is 1380. The molecule has 0 N–H and O–H groups in total. The SMILES string of the molecule is Cc1c2c(=O)n(-c3nc4ccccc4s3)nc-2cc([O-])n1Cc1ccccc1Cl.[Na+]. The molecular formula is C21H14ClN4NaO2S.